The first kappa shape index (κ1) is 32.4. The Morgan fingerprint density at radius 2 is 1.83 bits per heavy atom. The Morgan fingerprint density at radius 1 is 1.12 bits per heavy atom. The molecule has 0 aliphatic rings. The third-order valence-corrected chi connectivity index (χ3v) is 5.90. The van der Waals surface area contributed by atoms with Crippen LogP contribution in [-0.4, -0.2) is 55.1 Å². The molecular formula is C27H28ClF2N5O6S. The van der Waals surface area contributed by atoms with Crippen molar-refractivity contribution in [3.8, 4) is 11.1 Å². The zero-order chi connectivity index (χ0) is 31.0. The van der Waals surface area contributed by atoms with Crippen molar-refractivity contribution in [1.29, 1.82) is 0 Å². The number of aryl methyl sites for hydroxylation is 1. The van der Waals surface area contributed by atoms with E-state index >= 15 is 0 Å². The number of hydrogen-bond donors (Lipinski definition) is 4. The number of pyridine rings is 2. The van der Waals surface area contributed by atoms with Gasteiger partial charge in [-0.3, -0.25) is 9.35 Å². The summed E-state index contributed by atoms with van der Waals surface area (Å²) in [5, 5.41) is 8.63. The molecule has 2 aromatic heterocycles. The zero-order valence-electron chi connectivity index (χ0n) is 22.7. The van der Waals surface area contributed by atoms with Crippen LogP contribution in [0.1, 0.15) is 6.92 Å². The third-order valence-electron chi connectivity index (χ3n) is 5.58. The zero-order valence-corrected chi connectivity index (χ0v) is 24.3. The SMILES string of the molecule is CCn1c(=O)c(-c2cc(NC(=O)Nc3cccc(F)c3)c(F)cc2Cl)cc2cnc(NCCOC)cc21.CS(=O)(=O)O. The van der Waals surface area contributed by atoms with Crippen LogP contribution in [-0.2, 0) is 21.4 Å². The Labute approximate surface area is 245 Å². The monoisotopic (exact) mass is 623 g/mol. The second-order valence-electron chi connectivity index (χ2n) is 8.79. The molecular weight excluding hydrogens is 596 g/mol. The molecule has 0 aliphatic heterocycles. The molecule has 0 saturated heterocycles. The van der Waals surface area contributed by atoms with Gasteiger partial charge in [0.2, 0.25) is 0 Å². The van der Waals surface area contributed by atoms with E-state index in [1.54, 1.807) is 30.0 Å². The Balaban J connectivity index is 0.000000892. The molecule has 15 heteroatoms. The van der Waals surface area contributed by atoms with Gasteiger partial charge in [0.15, 0.2) is 0 Å². The Morgan fingerprint density at radius 3 is 2.48 bits per heavy atom. The van der Waals surface area contributed by atoms with Gasteiger partial charge < -0.3 is 25.3 Å². The van der Waals surface area contributed by atoms with E-state index in [-0.39, 0.29) is 33.1 Å². The summed E-state index contributed by atoms with van der Waals surface area (Å²) in [5.41, 5.74) is 0.767. The highest BCUT2D eigenvalue weighted by molar-refractivity contribution is 7.85. The van der Waals surface area contributed by atoms with Crippen LogP contribution in [0.3, 0.4) is 0 Å². The van der Waals surface area contributed by atoms with Gasteiger partial charge in [0.25, 0.3) is 15.7 Å². The highest BCUT2D eigenvalue weighted by Gasteiger charge is 2.18. The van der Waals surface area contributed by atoms with Gasteiger partial charge in [-0.25, -0.2) is 18.6 Å². The minimum Gasteiger partial charge on any atom is -0.383 e. The summed E-state index contributed by atoms with van der Waals surface area (Å²) < 4.78 is 60.6. The number of methoxy groups -OCH3 is 1. The van der Waals surface area contributed by atoms with Gasteiger partial charge in [-0.05, 0) is 43.3 Å². The first-order valence-corrected chi connectivity index (χ1v) is 14.5. The third kappa shape index (κ3) is 8.94. The number of benzene rings is 2. The number of carbonyl (C=O) groups is 1. The van der Waals surface area contributed by atoms with Gasteiger partial charge in [0.1, 0.15) is 17.5 Å². The maximum absolute atomic E-state index is 14.7. The van der Waals surface area contributed by atoms with Crippen molar-refractivity contribution in [3.63, 3.8) is 0 Å². The number of halogens is 3. The van der Waals surface area contributed by atoms with E-state index in [2.05, 4.69) is 20.9 Å². The average Bonchev–Trinajstić information content (AvgIpc) is 2.89. The van der Waals surface area contributed by atoms with Crippen LogP contribution in [0.5, 0.6) is 0 Å². The largest absolute Gasteiger partial charge is 0.383 e. The van der Waals surface area contributed by atoms with E-state index in [0.29, 0.717) is 42.7 Å². The lowest BCUT2D eigenvalue weighted by Crippen LogP contribution is -2.22. The summed E-state index contributed by atoms with van der Waals surface area (Å²) in [5.74, 6) is -0.740. The molecule has 0 spiro atoms. The Kier molecular flexibility index (Phi) is 10.9. The molecule has 0 radical (unpaired) electrons. The highest BCUT2D eigenvalue weighted by atomic mass is 35.5. The van der Waals surface area contributed by atoms with Gasteiger partial charge in [-0.1, -0.05) is 17.7 Å². The highest BCUT2D eigenvalue weighted by Crippen LogP contribution is 2.33. The van der Waals surface area contributed by atoms with Gasteiger partial charge in [0, 0.05) is 54.7 Å². The number of ether oxygens (including phenoxy) is 1. The minimum absolute atomic E-state index is 0.00139. The molecule has 0 saturated carbocycles. The second-order valence-corrected chi connectivity index (χ2v) is 10.7. The normalized spacial score (nSPS) is 11.0. The summed E-state index contributed by atoms with van der Waals surface area (Å²) in [7, 11) is -2.07. The fourth-order valence-corrected chi connectivity index (χ4v) is 4.11. The van der Waals surface area contributed by atoms with E-state index in [0.717, 1.165) is 12.1 Å². The van der Waals surface area contributed by atoms with E-state index < -0.39 is 27.8 Å². The maximum atomic E-state index is 14.7. The topological polar surface area (TPSA) is 152 Å². The molecule has 4 N–H and O–H groups in total. The standard InChI is InChI=1S/C26H24ClF2N5O3.CH4O3S/c1-3-34-23-13-24(30-7-8-37-2)31-14-15(23)9-19(25(34)35)18-11-22(21(29)12-20(18)27)33-26(36)32-17-6-4-5-16(28)10-17;1-5(2,3)4/h4-6,9-14H,3,7-8H2,1-2H3,(H,30,31)(H2,32,33,36);1H3,(H,2,3,4). The first-order chi connectivity index (χ1) is 19.8. The second kappa shape index (κ2) is 14.2. The first-order valence-electron chi connectivity index (χ1n) is 12.3. The lowest BCUT2D eigenvalue weighted by molar-refractivity contribution is 0.210. The van der Waals surface area contributed by atoms with Crippen LogP contribution in [0.4, 0.5) is 30.8 Å². The predicted octanol–water partition coefficient (Wildman–Crippen LogP) is 5.22. The molecule has 2 heterocycles. The number of carbonyl (C=O) groups excluding carboxylic acids is 1. The summed E-state index contributed by atoms with van der Waals surface area (Å²) in [6.07, 6.45) is 2.34. The summed E-state index contributed by atoms with van der Waals surface area (Å²) in [6.45, 7) is 3.25. The van der Waals surface area contributed by atoms with Crippen molar-refractivity contribution in [2.24, 2.45) is 0 Å². The number of nitrogens with one attached hydrogen (secondary N) is 3. The number of urea groups is 1. The fourth-order valence-electron chi connectivity index (χ4n) is 3.86. The van der Waals surface area contributed by atoms with Crippen molar-refractivity contribution >= 4 is 55.8 Å². The maximum Gasteiger partial charge on any atom is 0.323 e. The number of nitrogens with zero attached hydrogens (tertiary/aromatic N) is 2. The molecule has 0 unspecified atom stereocenters. The van der Waals surface area contributed by atoms with Gasteiger partial charge in [0.05, 0.1) is 29.1 Å². The van der Waals surface area contributed by atoms with E-state index in [4.69, 9.17) is 20.9 Å². The molecule has 224 valence electrons. The van der Waals surface area contributed by atoms with Crippen molar-refractivity contribution in [2.45, 2.75) is 13.5 Å². The van der Waals surface area contributed by atoms with Gasteiger partial charge >= 0.3 is 6.03 Å². The molecule has 2 amide bonds. The lowest BCUT2D eigenvalue weighted by Gasteiger charge is -2.15. The van der Waals surface area contributed by atoms with Crippen LogP contribution >= 0.6 is 11.6 Å². The van der Waals surface area contributed by atoms with Crippen LogP contribution in [0.25, 0.3) is 22.0 Å². The summed E-state index contributed by atoms with van der Waals surface area (Å²) in [4.78, 5) is 30.2. The number of anilines is 3. The summed E-state index contributed by atoms with van der Waals surface area (Å²) >= 11 is 6.34. The fraction of sp³-hybridized carbons (Fsp3) is 0.222. The predicted molar refractivity (Wildman–Crippen MR) is 159 cm³/mol. The molecule has 4 aromatic rings. The quantitative estimate of drug-likeness (QED) is 0.154. The Hall–Kier alpha value is -4.11. The van der Waals surface area contributed by atoms with Crippen LogP contribution in [0.15, 0.2) is 59.5 Å². The van der Waals surface area contributed by atoms with E-state index in [1.807, 2.05) is 6.92 Å². The van der Waals surface area contributed by atoms with Crippen molar-refractivity contribution in [2.75, 3.05) is 42.5 Å². The Bertz CT molecular complexity index is 1760. The van der Waals surface area contributed by atoms with Crippen LogP contribution < -0.4 is 21.5 Å². The molecule has 42 heavy (non-hydrogen) atoms. The number of aromatic nitrogens is 2. The van der Waals surface area contributed by atoms with E-state index in [9.17, 15) is 26.8 Å². The number of hydrogen-bond acceptors (Lipinski definition) is 7. The molecule has 0 aliphatic carbocycles. The lowest BCUT2D eigenvalue weighted by atomic mass is 10.0. The van der Waals surface area contributed by atoms with Crippen molar-refractivity contribution in [3.05, 3.63) is 81.7 Å². The number of rotatable bonds is 8. The number of amides is 2. The molecule has 4 rings (SSSR count). The van der Waals surface area contributed by atoms with Crippen LogP contribution in [0, 0.1) is 11.6 Å². The average molecular weight is 624 g/mol. The van der Waals surface area contributed by atoms with Crippen LogP contribution in [0.2, 0.25) is 5.02 Å². The molecule has 11 nitrogen and oxygen atoms in total. The summed E-state index contributed by atoms with van der Waals surface area (Å²) in [6, 6.07) is 10.2. The molecule has 2 aromatic carbocycles. The van der Waals surface area contributed by atoms with Crippen molar-refractivity contribution < 1.29 is 31.3 Å². The molecule has 0 bridgehead atoms. The van der Waals surface area contributed by atoms with Gasteiger partial charge in [-0.15, -0.1) is 0 Å². The minimum atomic E-state index is -3.67. The molecule has 0 fully saturated rings. The van der Waals surface area contributed by atoms with E-state index in [1.165, 1.54) is 24.3 Å². The smallest absolute Gasteiger partial charge is 0.323 e. The molecule has 0 atom stereocenters. The number of fused-ring (bicyclic) bond motifs is 1. The van der Waals surface area contributed by atoms with Gasteiger partial charge in [-0.2, -0.15) is 8.42 Å². The van der Waals surface area contributed by atoms with Crippen molar-refractivity contribution in [1.82, 2.24) is 9.55 Å².